The maximum absolute atomic E-state index is 13.1. The Morgan fingerprint density at radius 3 is 2.81 bits per heavy atom. The Bertz CT molecular complexity index is 879. The van der Waals surface area contributed by atoms with E-state index in [0.29, 0.717) is 39.0 Å². The van der Waals surface area contributed by atoms with Crippen LogP contribution in [0, 0.1) is 0 Å². The summed E-state index contributed by atoms with van der Waals surface area (Å²) in [5, 5.41) is 5.82. The molecule has 0 radical (unpaired) electrons. The molecule has 3 fully saturated rings. The molecule has 0 aliphatic carbocycles. The molecule has 166 valence electrons. The maximum Gasteiger partial charge on any atom is 0.319 e. The van der Waals surface area contributed by atoms with E-state index in [9.17, 15) is 14.4 Å². The molecular weight excluding hydrogens is 416 g/mol. The van der Waals surface area contributed by atoms with Crippen LogP contribution in [-0.4, -0.2) is 77.8 Å². The van der Waals surface area contributed by atoms with E-state index in [0.717, 1.165) is 10.6 Å². The second kappa shape index (κ2) is 9.32. The predicted molar refractivity (Wildman–Crippen MR) is 119 cm³/mol. The number of nitrogens with one attached hydrogen (secondary N) is 2. The summed E-state index contributed by atoms with van der Waals surface area (Å²) in [6, 6.07) is 6.18. The van der Waals surface area contributed by atoms with Gasteiger partial charge in [0.2, 0.25) is 11.8 Å². The molecule has 8 nitrogen and oxygen atoms in total. The van der Waals surface area contributed by atoms with Gasteiger partial charge in [-0.1, -0.05) is 12.1 Å². The van der Waals surface area contributed by atoms with E-state index in [-0.39, 0.29) is 30.0 Å². The van der Waals surface area contributed by atoms with Crippen molar-refractivity contribution >= 4 is 35.3 Å². The second-order valence-electron chi connectivity index (χ2n) is 8.09. The van der Waals surface area contributed by atoms with Crippen LogP contribution < -0.4 is 10.6 Å². The number of rotatable bonds is 6. The number of anilines is 1. The Balaban J connectivity index is 1.36. The Labute approximate surface area is 186 Å². The SMILES string of the molecule is C=CCO[C@@H]1C[C@H]2C(=O)N3CC[C@@H](NC(=O)Nc4cccc(SC)c4)C[C@H]3C(=O)N2C1. The molecule has 9 heteroatoms. The molecular formula is C22H28N4O4S. The highest BCUT2D eigenvalue weighted by Crippen LogP contribution is 2.32. The molecule has 3 saturated heterocycles. The zero-order valence-electron chi connectivity index (χ0n) is 17.6. The van der Waals surface area contributed by atoms with Crippen LogP contribution in [0.3, 0.4) is 0 Å². The number of amides is 4. The molecule has 4 rings (SSSR count). The summed E-state index contributed by atoms with van der Waals surface area (Å²) < 4.78 is 5.69. The smallest absolute Gasteiger partial charge is 0.319 e. The van der Waals surface area contributed by atoms with Gasteiger partial charge in [-0.15, -0.1) is 18.3 Å². The highest BCUT2D eigenvalue weighted by atomic mass is 32.2. The minimum absolute atomic E-state index is 0.00825. The Hall–Kier alpha value is -2.52. The number of thioether (sulfide) groups is 1. The van der Waals surface area contributed by atoms with Gasteiger partial charge >= 0.3 is 6.03 Å². The predicted octanol–water partition coefficient (Wildman–Crippen LogP) is 2.08. The third kappa shape index (κ3) is 4.57. The quantitative estimate of drug-likeness (QED) is 0.518. The van der Waals surface area contributed by atoms with Crippen LogP contribution in [0.4, 0.5) is 10.5 Å². The third-order valence-corrected chi connectivity index (χ3v) is 6.84. The summed E-state index contributed by atoms with van der Waals surface area (Å²) in [6.45, 7) is 4.94. The molecule has 3 aliphatic heterocycles. The lowest BCUT2D eigenvalue weighted by Crippen LogP contribution is -2.66. The fourth-order valence-electron chi connectivity index (χ4n) is 4.63. The molecule has 0 bridgehead atoms. The van der Waals surface area contributed by atoms with Crippen molar-refractivity contribution in [1.29, 1.82) is 0 Å². The summed E-state index contributed by atoms with van der Waals surface area (Å²) >= 11 is 1.61. The summed E-state index contributed by atoms with van der Waals surface area (Å²) in [5.41, 5.74) is 0.719. The summed E-state index contributed by atoms with van der Waals surface area (Å²) in [4.78, 5) is 43.0. The van der Waals surface area contributed by atoms with Crippen LogP contribution >= 0.6 is 11.8 Å². The fraction of sp³-hybridized carbons (Fsp3) is 0.500. The lowest BCUT2D eigenvalue weighted by molar-refractivity contribution is -0.161. The number of urea groups is 1. The van der Waals surface area contributed by atoms with E-state index in [1.165, 1.54) is 0 Å². The Kier molecular flexibility index (Phi) is 6.52. The number of benzene rings is 1. The Morgan fingerprint density at radius 1 is 1.26 bits per heavy atom. The molecule has 31 heavy (non-hydrogen) atoms. The lowest BCUT2D eigenvalue weighted by atomic mass is 9.92. The van der Waals surface area contributed by atoms with Gasteiger partial charge in [0.05, 0.1) is 12.7 Å². The zero-order chi connectivity index (χ0) is 22.0. The van der Waals surface area contributed by atoms with Gasteiger partial charge in [-0.05, 0) is 37.3 Å². The first-order valence-corrected chi connectivity index (χ1v) is 11.8. The number of hydrogen-bond acceptors (Lipinski definition) is 5. The van der Waals surface area contributed by atoms with E-state index in [4.69, 9.17) is 4.74 Å². The van der Waals surface area contributed by atoms with Gasteiger partial charge in [0, 0.05) is 36.1 Å². The van der Waals surface area contributed by atoms with Crippen molar-refractivity contribution in [2.24, 2.45) is 0 Å². The fourth-order valence-corrected chi connectivity index (χ4v) is 5.09. The van der Waals surface area contributed by atoms with E-state index in [1.54, 1.807) is 27.6 Å². The van der Waals surface area contributed by atoms with Gasteiger partial charge in [0.1, 0.15) is 12.1 Å². The van der Waals surface area contributed by atoms with E-state index in [1.807, 2.05) is 30.5 Å². The molecule has 2 N–H and O–H groups in total. The first-order valence-electron chi connectivity index (χ1n) is 10.5. The van der Waals surface area contributed by atoms with Crippen LogP contribution in [0.2, 0.25) is 0 Å². The number of piperidine rings is 1. The van der Waals surface area contributed by atoms with Crippen LogP contribution in [0.1, 0.15) is 19.3 Å². The largest absolute Gasteiger partial charge is 0.372 e. The van der Waals surface area contributed by atoms with Gasteiger partial charge < -0.3 is 25.2 Å². The molecule has 4 atom stereocenters. The zero-order valence-corrected chi connectivity index (χ0v) is 18.4. The van der Waals surface area contributed by atoms with Gasteiger partial charge in [-0.25, -0.2) is 4.79 Å². The molecule has 4 amide bonds. The van der Waals surface area contributed by atoms with E-state index in [2.05, 4.69) is 17.2 Å². The minimum Gasteiger partial charge on any atom is -0.372 e. The summed E-state index contributed by atoms with van der Waals surface area (Å²) in [7, 11) is 0. The van der Waals surface area contributed by atoms with Gasteiger partial charge in [-0.3, -0.25) is 9.59 Å². The topological polar surface area (TPSA) is 91.0 Å². The summed E-state index contributed by atoms with van der Waals surface area (Å²) in [5.74, 6) is -0.0556. The average Bonchev–Trinajstić information content (AvgIpc) is 3.21. The molecule has 0 aromatic heterocycles. The van der Waals surface area contributed by atoms with Crippen LogP contribution in [0.15, 0.2) is 41.8 Å². The van der Waals surface area contributed by atoms with Gasteiger partial charge in [0.15, 0.2) is 0 Å². The molecule has 1 aromatic rings. The van der Waals surface area contributed by atoms with Gasteiger partial charge in [0.25, 0.3) is 0 Å². The number of carbonyl (C=O) groups excluding carboxylic acids is 3. The van der Waals surface area contributed by atoms with Crippen LogP contribution in [0.25, 0.3) is 0 Å². The minimum atomic E-state index is -0.527. The number of hydrogen-bond donors (Lipinski definition) is 2. The van der Waals surface area contributed by atoms with Crippen molar-refractivity contribution < 1.29 is 19.1 Å². The maximum atomic E-state index is 13.1. The molecule has 0 spiro atoms. The first kappa shape index (κ1) is 21.7. The van der Waals surface area contributed by atoms with E-state index >= 15 is 0 Å². The van der Waals surface area contributed by atoms with Crippen molar-refractivity contribution in [1.82, 2.24) is 15.1 Å². The monoisotopic (exact) mass is 444 g/mol. The standard InChI is InChI=1S/C22H28N4O4S/c1-3-9-30-16-12-19-20(27)25-8-7-15(11-18(25)21(28)26(19)13-16)24-22(29)23-14-5-4-6-17(10-14)31-2/h3-6,10,15-16,18-19H,1,7-9,11-13H2,2H3,(H2,23,24,29)/t15-,16-,18+,19+/m1/s1. The van der Waals surface area contributed by atoms with Crippen molar-refractivity contribution in [3.63, 3.8) is 0 Å². The third-order valence-electron chi connectivity index (χ3n) is 6.11. The van der Waals surface area contributed by atoms with Crippen LogP contribution in [0.5, 0.6) is 0 Å². The average molecular weight is 445 g/mol. The summed E-state index contributed by atoms with van der Waals surface area (Å²) in [6.07, 6.45) is 5.08. The normalized spacial score (nSPS) is 27.5. The number of fused-ring (bicyclic) bond motifs is 2. The van der Waals surface area contributed by atoms with Crippen molar-refractivity contribution in [3.05, 3.63) is 36.9 Å². The van der Waals surface area contributed by atoms with Crippen molar-refractivity contribution in [3.8, 4) is 0 Å². The number of ether oxygens (including phenoxy) is 1. The molecule has 3 aliphatic rings. The lowest BCUT2D eigenvalue weighted by Gasteiger charge is -2.46. The molecule has 1 aromatic carbocycles. The van der Waals surface area contributed by atoms with Crippen LogP contribution in [-0.2, 0) is 14.3 Å². The van der Waals surface area contributed by atoms with Crippen molar-refractivity contribution in [2.75, 3.05) is 31.3 Å². The number of nitrogens with zero attached hydrogens (tertiary/aromatic N) is 2. The highest BCUT2D eigenvalue weighted by Gasteiger charge is 2.52. The van der Waals surface area contributed by atoms with E-state index < -0.39 is 12.1 Å². The molecule has 0 saturated carbocycles. The second-order valence-corrected chi connectivity index (χ2v) is 8.96. The first-order chi connectivity index (χ1) is 15.0. The molecule has 0 unspecified atom stereocenters. The highest BCUT2D eigenvalue weighted by molar-refractivity contribution is 7.98. The van der Waals surface area contributed by atoms with Crippen molar-refractivity contribution in [2.45, 2.75) is 48.4 Å². The number of carbonyl (C=O) groups is 3. The number of piperazine rings is 1. The molecule has 3 heterocycles. The Morgan fingerprint density at radius 2 is 2.03 bits per heavy atom. The van der Waals surface area contributed by atoms with Gasteiger partial charge in [-0.2, -0.15) is 0 Å².